The van der Waals surface area contributed by atoms with Crippen LogP contribution in [-0.2, 0) is 0 Å². The van der Waals surface area contributed by atoms with E-state index in [1.54, 1.807) is 0 Å². The van der Waals surface area contributed by atoms with Gasteiger partial charge in [0.25, 0.3) is 0 Å². The molecule has 3 heteroatoms. The van der Waals surface area contributed by atoms with Crippen molar-refractivity contribution in [2.45, 2.75) is 40.7 Å². The first kappa shape index (κ1) is 15.9. The molecule has 2 nitrogen and oxygen atoms in total. The van der Waals surface area contributed by atoms with Crippen molar-refractivity contribution in [2.75, 3.05) is 13.1 Å². The van der Waals surface area contributed by atoms with E-state index in [1.165, 1.54) is 12.1 Å². The Morgan fingerprint density at radius 3 is 2.53 bits per heavy atom. The maximum absolute atomic E-state index is 13.0. The van der Waals surface area contributed by atoms with Gasteiger partial charge in [-0.05, 0) is 38.1 Å². The van der Waals surface area contributed by atoms with Crippen LogP contribution in [0.3, 0.4) is 0 Å². The summed E-state index contributed by atoms with van der Waals surface area (Å²) in [5, 5.41) is 3.18. The summed E-state index contributed by atoms with van der Waals surface area (Å²) in [7, 11) is 0. The molecular weight excluding hydrogens is 217 g/mol. The van der Waals surface area contributed by atoms with E-state index in [0.29, 0.717) is 5.75 Å². The number of aryl methyl sites for hydroxylation is 1. The normalized spacial score (nSPS) is 11.4. The van der Waals surface area contributed by atoms with Crippen molar-refractivity contribution in [1.29, 1.82) is 0 Å². The van der Waals surface area contributed by atoms with Crippen LogP contribution in [0.4, 0.5) is 4.39 Å². The van der Waals surface area contributed by atoms with Crippen molar-refractivity contribution < 1.29 is 10.6 Å². The van der Waals surface area contributed by atoms with Gasteiger partial charge in [-0.2, -0.15) is 0 Å². The molecule has 0 radical (unpaired) electrons. The molecule has 1 aromatic carbocycles. The standard InChI is InChI=1S/C12H18FNO.C2H6.H2/c1-4-14-8-10(3)15-12-6-9(2)5-11(13)7-12;1-2;/h5-7,10,14H,4,8H2,1-3H3;1-2H3;1H/t10-;;/m1../s1. The second kappa shape index (κ2) is 8.99. The van der Waals surface area contributed by atoms with E-state index in [9.17, 15) is 4.39 Å². The first-order valence-electron chi connectivity index (χ1n) is 6.26. The minimum atomic E-state index is -0.249. The second-order valence-corrected chi connectivity index (χ2v) is 3.70. The summed E-state index contributed by atoms with van der Waals surface area (Å²) >= 11 is 0. The van der Waals surface area contributed by atoms with E-state index in [1.807, 2.05) is 40.7 Å². The zero-order chi connectivity index (χ0) is 13.3. The van der Waals surface area contributed by atoms with Gasteiger partial charge in [0.15, 0.2) is 0 Å². The Balaban J connectivity index is 0. The summed E-state index contributed by atoms with van der Waals surface area (Å²) in [6.45, 7) is 11.5. The van der Waals surface area contributed by atoms with Crippen LogP contribution in [0.1, 0.15) is 34.7 Å². The highest BCUT2D eigenvalue weighted by Gasteiger charge is 2.04. The maximum Gasteiger partial charge on any atom is 0.127 e. The van der Waals surface area contributed by atoms with Crippen LogP contribution in [0.15, 0.2) is 18.2 Å². The fourth-order valence-electron chi connectivity index (χ4n) is 1.39. The summed E-state index contributed by atoms with van der Waals surface area (Å²) in [4.78, 5) is 0. The fraction of sp³-hybridized carbons (Fsp3) is 0.571. The van der Waals surface area contributed by atoms with E-state index in [2.05, 4.69) is 5.32 Å². The largest absolute Gasteiger partial charge is 0.489 e. The molecule has 0 bridgehead atoms. The van der Waals surface area contributed by atoms with Crippen LogP contribution in [0, 0.1) is 12.7 Å². The first-order chi connectivity index (χ1) is 8.11. The molecule has 0 aliphatic carbocycles. The van der Waals surface area contributed by atoms with Crippen LogP contribution in [0.5, 0.6) is 5.75 Å². The predicted molar refractivity (Wildman–Crippen MR) is 73.2 cm³/mol. The van der Waals surface area contributed by atoms with Crippen molar-refractivity contribution in [1.82, 2.24) is 5.32 Å². The van der Waals surface area contributed by atoms with E-state index >= 15 is 0 Å². The highest BCUT2D eigenvalue weighted by molar-refractivity contribution is 5.28. The quantitative estimate of drug-likeness (QED) is 0.849. The van der Waals surface area contributed by atoms with Crippen molar-refractivity contribution in [3.05, 3.63) is 29.6 Å². The highest BCUT2D eigenvalue weighted by Crippen LogP contribution is 2.16. The Hall–Kier alpha value is -1.09. The summed E-state index contributed by atoms with van der Waals surface area (Å²) in [6.07, 6.45) is 0.0474. The lowest BCUT2D eigenvalue weighted by atomic mass is 10.2. The van der Waals surface area contributed by atoms with E-state index in [-0.39, 0.29) is 13.3 Å². The van der Waals surface area contributed by atoms with Gasteiger partial charge >= 0.3 is 0 Å². The molecule has 0 saturated carbocycles. The number of halogens is 1. The third-order valence-electron chi connectivity index (χ3n) is 2.03. The lowest BCUT2D eigenvalue weighted by molar-refractivity contribution is 0.217. The van der Waals surface area contributed by atoms with Crippen molar-refractivity contribution >= 4 is 0 Å². The molecule has 0 unspecified atom stereocenters. The molecule has 1 atom stereocenters. The summed E-state index contributed by atoms with van der Waals surface area (Å²) < 4.78 is 18.6. The van der Waals surface area contributed by atoms with Crippen LogP contribution in [0.25, 0.3) is 0 Å². The molecule has 0 amide bonds. The number of nitrogens with one attached hydrogen (secondary N) is 1. The number of hydrogen-bond donors (Lipinski definition) is 1. The minimum absolute atomic E-state index is 0. The Labute approximate surface area is 106 Å². The summed E-state index contributed by atoms with van der Waals surface area (Å²) in [6, 6.07) is 4.74. The van der Waals surface area contributed by atoms with Gasteiger partial charge in [-0.3, -0.25) is 0 Å². The lowest BCUT2D eigenvalue weighted by Crippen LogP contribution is -2.28. The number of benzene rings is 1. The van der Waals surface area contributed by atoms with E-state index < -0.39 is 0 Å². The molecule has 0 spiro atoms. The molecule has 0 aromatic heterocycles. The van der Waals surface area contributed by atoms with Gasteiger partial charge in [-0.15, -0.1) is 0 Å². The summed E-state index contributed by atoms with van der Waals surface area (Å²) in [5.74, 6) is 0.346. The van der Waals surface area contributed by atoms with Crippen LogP contribution in [0.2, 0.25) is 0 Å². The number of rotatable bonds is 5. The minimum Gasteiger partial charge on any atom is -0.489 e. The lowest BCUT2D eigenvalue weighted by Gasteiger charge is -2.15. The molecule has 1 aromatic rings. The van der Waals surface area contributed by atoms with Gasteiger partial charge in [0.1, 0.15) is 17.7 Å². The molecule has 17 heavy (non-hydrogen) atoms. The van der Waals surface area contributed by atoms with Crippen LogP contribution >= 0.6 is 0 Å². The average Bonchev–Trinajstić information content (AvgIpc) is 2.27. The first-order valence-corrected chi connectivity index (χ1v) is 6.26. The maximum atomic E-state index is 13.0. The van der Waals surface area contributed by atoms with Crippen LogP contribution < -0.4 is 10.1 Å². The molecule has 0 aliphatic rings. The number of hydrogen-bond acceptors (Lipinski definition) is 2. The van der Waals surface area contributed by atoms with Crippen molar-refractivity contribution in [3.8, 4) is 5.75 Å². The topological polar surface area (TPSA) is 21.3 Å². The summed E-state index contributed by atoms with van der Waals surface area (Å²) in [5.41, 5.74) is 0.876. The van der Waals surface area contributed by atoms with E-state index in [4.69, 9.17) is 4.74 Å². The predicted octanol–water partition coefficient (Wildman–Crippen LogP) is 3.78. The Kier molecular flexibility index (Phi) is 8.42. The van der Waals surface area contributed by atoms with Gasteiger partial charge in [0, 0.05) is 14.0 Å². The third kappa shape index (κ3) is 6.95. The Bertz CT molecular complexity index is 300. The molecule has 0 aliphatic heterocycles. The zero-order valence-electron chi connectivity index (χ0n) is 11.5. The third-order valence-corrected chi connectivity index (χ3v) is 2.03. The molecule has 0 heterocycles. The van der Waals surface area contributed by atoms with Gasteiger partial charge < -0.3 is 10.1 Å². The molecule has 1 rings (SSSR count). The zero-order valence-corrected chi connectivity index (χ0v) is 11.5. The van der Waals surface area contributed by atoms with E-state index in [0.717, 1.165) is 18.7 Å². The smallest absolute Gasteiger partial charge is 0.127 e. The Morgan fingerprint density at radius 1 is 1.35 bits per heavy atom. The van der Waals surface area contributed by atoms with Gasteiger partial charge in [0.2, 0.25) is 0 Å². The molecule has 100 valence electrons. The molecule has 0 fully saturated rings. The molecular formula is C14H26FNO. The van der Waals surface area contributed by atoms with Gasteiger partial charge in [-0.1, -0.05) is 20.8 Å². The van der Waals surface area contributed by atoms with Crippen molar-refractivity contribution in [2.24, 2.45) is 0 Å². The number of ether oxygens (including phenoxy) is 1. The number of likely N-dealkylation sites (N-methyl/N-ethyl adjacent to an activating group) is 1. The van der Waals surface area contributed by atoms with Crippen LogP contribution in [-0.4, -0.2) is 19.2 Å². The Morgan fingerprint density at radius 2 is 2.00 bits per heavy atom. The highest BCUT2D eigenvalue weighted by atomic mass is 19.1. The van der Waals surface area contributed by atoms with Gasteiger partial charge in [-0.25, -0.2) is 4.39 Å². The molecule has 0 saturated heterocycles. The van der Waals surface area contributed by atoms with Crippen molar-refractivity contribution in [3.63, 3.8) is 0 Å². The monoisotopic (exact) mass is 243 g/mol. The SMILES string of the molecule is CC.CCNC[C@@H](C)Oc1cc(C)cc(F)c1.[HH]. The fourth-order valence-corrected chi connectivity index (χ4v) is 1.39. The average molecular weight is 243 g/mol. The van der Waals surface area contributed by atoms with Gasteiger partial charge in [0.05, 0.1) is 0 Å². The molecule has 1 N–H and O–H groups in total. The second-order valence-electron chi connectivity index (χ2n) is 3.70.